The summed E-state index contributed by atoms with van der Waals surface area (Å²) in [6.07, 6.45) is 1.13. The van der Waals surface area contributed by atoms with Crippen molar-refractivity contribution >= 4 is 17.2 Å². The van der Waals surface area contributed by atoms with Crippen LogP contribution in [0.4, 0.5) is 0 Å². The van der Waals surface area contributed by atoms with Crippen LogP contribution in [-0.4, -0.2) is 41.1 Å². The Morgan fingerprint density at radius 1 is 1.67 bits per heavy atom. The van der Waals surface area contributed by atoms with E-state index in [9.17, 15) is 4.79 Å². The SMILES string of the molecule is CC[C@H]1CN(C(=O)c2csc(CN)n2)C[C@H](C)O1. The molecule has 2 atom stereocenters. The molecule has 0 aromatic carbocycles. The second kappa shape index (κ2) is 5.77. The molecule has 1 aliphatic rings. The van der Waals surface area contributed by atoms with Crippen molar-refractivity contribution < 1.29 is 9.53 Å². The van der Waals surface area contributed by atoms with Crippen LogP contribution < -0.4 is 5.73 Å². The van der Waals surface area contributed by atoms with E-state index in [2.05, 4.69) is 11.9 Å². The van der Waals surface area contributed by atoms with Crippen LogP contribution in [0.15, 0.2) is 5.38 Å². The summed E-state index contributed by atoms with van der Waals surface area (Å²) in [5.41, 5.74) is 6.01. The lowest BCUT2D eigenvalue weighted by atomic mass is 10.1. The van der Waals surface area contributed by atoms with E-state index < -0.39 is 0 Å². The number of rotatable bonds is 3. The third-order valence-corrected chi connectivity index (χ3v) is 3.89. The molecule has 6 heteroatoms. The molecule has 18 heavy (non-hydrogen) atoms. The van der Waals surface area contributed by atoms with Crippen molar-refractivity contribution in [2.75, 3.05) is 13.1 Å². The highest BCUT2D eigenvalue weighted by atomic mass is 32.1. The van der Waals surface area contributed by atoms with Gasteiger partial charge >= 0.3 is 0 Å². The number of aromatic nitrogens is 1. The Balaban J connectivity index is 2.07. The molecule has 1 aliphatic heterocycles. The van der Waals surface area contributed by atoms with Gasteiger partial charge < -0.3 is 15.4 Å². The Labute approximate surface area is 111 Å². The number of amides is 1. The quantitative estimate of drug-likeness (QED) is 0.896. The smallest absolute Gasteiger partial charge is 0.273 e. The zero-order chi connectivity index (χ0) is 13.1. The number of morpholine rings is 1. The zero-order valence-electron chi connectivity index (χ0n) is 10.8. The van der Waals surface area contributed by atoms with Gasteiger partial charge in [0.25, 0.3) is 5.91 Å². The summed E-state index contributed by atoms with van der Waals surface area (Å²) in [7, 11) is 0. The molecule has 2 heterocycles. The number of carbonyl (C=O) groups is 1. The lowest BCUT2D eigenvalue weighted by molar-refractivity contribution is -0.0682. The molecule has 100 valence electrons. The standard InChI is InChI=1S/C12H19N3O2S/c1-3-9-6-15(5-8(2)17-9)12(16)10-7-18-11(4-13)14-10/h7-9H,3-6,13H2,1-2H3/t8-,9-/m0/s1. The normalized spacial score (nSPS) is 24.3. The van der Waals surface area contributed by atoms with Crippen molar-refractivity contribution in [1.82, 2.24) is 9.88 Å². The minimum atomic E-state index is -0.0143. The topological polar surface area (TPSA) is 68.5 Å². The highest BCUT2D eigenvalue weighted by molar-refractivity contribution is 7.09. The largest absolute Gasteiger partial charge is 0.372 e. The third kappa shape index (κ3) is 2.88. The van der Waals surface area contributed by atoms with Gasteiger partial charge in [0.05, 0.1) is 12.2 Å². The Morgan fingerprint density at radius 3 is 3.06 bits per heavy atom. The van der Waals surface area contributed by atoms with Crippen LogP contribution in [0.1, 0.15) is 35.8 Å². The molecule has 0 bridgehead atoms. The fourth-order valence-corrected chi connectivity index (χ4v) is 2.75. The van der Waals surface area contributed by atoms with Gasteiger partial charge in [-0.15, -0.1) is 11.3 Å². The fourth-order valence-electron chi connectivity index (χ4n) is 2.10. The summed E-state index contributed by atoms with van der Waals surface area (Å²) in [5, 5.41) is 2.58. The average Bonchev–Trinajstić information content (AvgIpc) is 2.85. The van der Waals surface area contributed by atoms with E-state index in [0.29, 0.717) is 25.3 Å². The molecule has 5 nitrogen and oxygen atoms in total. The van der Waals surface area contributed by atoms with Crippen molar-refractivity contribution in [3.8, 4) is 0 Å². The molecular weight excluding hydrogens is 250 g/mol. The predicted octanol–water partition coefficient (Wildman–Crippen LogP) is 1.24. The first-order valence-electron chi connectivity index (χ1n) is 6.23. The summed E-state index contributed by atoms with van der Waals surface area (Å²) < 4.78 is 5.75. The fraction of sp³-hybridized carbons (Fsp3) is 0.667. The molecule has 0 spiro atoms. The van der Waals surface area contributed by atoms with E-state index in [0.717, 1.165) is 11.4 Å². The molecule has 2 N–H and O–H groups in total. The van der Waals surface area contributed by atoms with Crippen molar-refractivity contribution in [2.45, 2.75) is 39.0 Å². The number of hydrogen-bond donors (Lipinski definition) is 1. The first-order valence-corrected chi connectivity index (χ1v) is 7.11. The molecule has 1 fully saturated rings. The molecule has 1 aromatic heterocycles. The van der Waals surface area contributed by atoms with Gasteiger partial charge in [0.15, 0.2) is 0 Å². The van der Waals surface area contributed by atoms with Crippen LogP contribution >= 0.6 is 11.3 Å². The van der Waals surface area contributed by atoms with E-state index in [1.165, 1.54) is 11.3 Å². The zero-order valence-corrected chi connectivity index (χ0v) is 11.6. The van der Waals surface area contributed by atoms with E-state index >= 15 is 0 Å². The second-order valence-corrected chi connectivity index (χ2v) is 5.46. The monoisotopic (exact) mass is 269 g/mol. The van der Waals surface area contributed by atoms with Gasteiger partial charge in [-0.05, 0) is 13.3 Å². The molecule has 0 unspecified atom stereocenters. The maximum absolute atomic E-state index is 12.3. The molecule has 1 aromatic rings. The van der Waals surface area contributed by atoms with Gasteiger partial charge in [0.1, 0.15) is 10.7 Å². The van der Waals surface area contributed by atoms with Gasteiger partial charge in [-0.1, -0.05) is 6.92 Å². The van der Waals surface area contributed by atoms with Crippen LogP contribution in [-0.2, 0) is 11.3 Å². The first-order chi connectivity index (χ1) is 8.63. The highest BCUT2D eigenvalue weighted by Crippen LogP contribution is 2.17. The first kappa shape index (κ1) is 13.5. The average molecular weight is 269 g/mol. The van der Waals surface area contributed by atoms with Gasteiger partial charge in [0.2, 0.25) is 0 Å². The lowest BCUT2D eigenvalue weighted by Crippen LogP contribution is -2.49. The van der Waals surface area contributed by atoms with Crippen molar-refractivity contribution in [3.05, 3.63) is 16.1 Å². The van der Waals surface area contributed by atoms with Crippen molar-refractivity contribution in [1.29, 1.82) is 0 Å². The van der Waals surface area contributed by atoms with E-state index in [-0.39, 0.29) is 18.1 Å². The summed E-state index contributed by atoms with van der Waals surface area (Å²) in [5.74, 6) is -0.0143. The third-order valence-electron chi connectivity index (χ3n) is 3.01. The molecule has 2 rings (SSSR count). The van der Waals surface area contributed by atoms with Crippen LogP contribution in [0, 0.1) is 0 Å². The molecule has 0 saturated carbocycles. The number of thiazole rings is 1. The highest BCUT2D eigenvalue weighted by Gasteiger charge is 2.28. The van der Waals surface area contributed by atoms with E-state index in [1.54, 1.807) is 5.38 Å². The molecule has 0 aliphatic carbocycles. The van der Waals surface area contributed by atoms with Gasteiger partial charge in [0, 0.05) is 25.0 Å². The molecular formula is C12H19N3O2S. The van der Waals surface area contributed by atoms with Crippen LogP contribution in [0.25, 0.3) is 0 Å². The molecule has 0 radical (unpaired) electrons. The maximum Gasteiger partial charge on any atom is 0.273 e. The lowest BCUT2D eigenvalue weighted by Gasteiger charge is -2.36. The van der Waals surface area contributed by atoms with E-state index in [1.807, 2.05) is 11.8 Å². The Bertz CT molecular complexity index is 421. The van der Waals surface area contributed by atoms with Gasteiger partial charge in [-0.3, -0.25) is 4.79 Å². The number of nitrogens with two attached hydrogens (primary N) is 1. The maximum atomic E-state index is 12.3. The van der Waals surface area contributed by atoms with E-state index in [4.69, 9.17) is 10.5 Å². The molecule has 1 amide bonds. The Morgan fingerprint density at radius 2 is 2.44 bits per heavy atom. The van der Waals surface area contributed by atoms with Gasteiger partial charge in [-0.2, -0.15) is 0 Å². The summed E-state index contributed by atoms with van der Waals surface area (Å²) in [6.45, 7) is 5.73. The minimum absolute atomic E-state index is 0.0143. The Kier molecular flexibility index (Phi) is 4.31. The van der Waals surface area contributed by atoms with Crippen LogP contribution in [0.2, 0.25) is 0 Å². The predicted molar refractivity (Wildman–Crippen MR) is 70.5 cm³/mol. The van der Waals surface area contributed by atoms with Crippen molar-refractivity contribution in [2.24, 2.45) is 5.73 Å². The summed E-state index contributed by atoms with van der Waals surface area (Å²) >= 11 is 1.43. The second-order valence-electron chi connectivity index (χ2n) is 4.52. The number of hydrogen-bond acceptors (Lipinski definition) is 5. The van der Waals surface area contributed by atoms with Crippen molar-refractivity contribution in [3.63, 3.8) is 0 Å². The number of nitrogens with zero attached hydrogens (tertiary/aromatic N) is 2. The summed E-state index contributed by atoms with van der Waals surface area (Å²) in [4.78, 5) is 18.4. The number of ether oxygens (including phenoxy) is 1. The summed E-state index contributed by atoms with van der Waals surface area (Å²) in [6, 6.07) is 0. The number of carbonyl (C=O) groups excluding carboxylic acids is 1. The minimum Gasteiger partial charge on any atom is -0.372 e. The molecule has 1 saturated heterocycles. The van der Waals surface area contributed by atoms with Crippen LogP contribution in [0.3, 0.4) is 0 Å². The van der Waals surface area contributed by atoms with Gasteiger partial charge in [-0.25, -0.2) is 4.98 Å². The van der Waals surface area contributed by atoms with Crippen LogP contribution in [0.5, 0.6) is 0 Å². The Hall–Kier alpha value is -0.980.